The molecule has 0 amide bonds. The van der Waals surface area contributed by atoms with Gasteiger partial charge in [-0.15, -0.1) is 11.6 Å². The van der Waals surface area contributed by atoms with Gasteiger partial charge in [-0.1, -0.05) is 6.07 Å². The molecule has 5 heteroatoms. The molecule has 0 spiro atoms. The van der Waals surface area contributed by atoms with E-state index in [9.17, 15) is 0 Å². The fourth-order valence-corrected chi connectivity index (χ4v) is 3.44. The molecule has 1 aromatic carbocycles. The first-order valence-corrected chi connectivity index (χ1v) is 7.54. The standard InChI is InChI=1S/C14H18BrClO3/c1-17-11-6-5-10(14(18-2)12(11)15)13(16)9-4-3-7-19-8-9/h5-6,9,13H,3-4,7-8H2,1-2H3. The zero-order chi connectivity index (χ0) is 13.8. The van der Waals surface area contributed by atoms with Crippen molar-refractivity contribution in [3.05, 3.63) is 22.2 Å². The second-order valence-electron chi connectivity index (χ2n) is 4.58. The summed E-state index contributed by atoms with van der Waals surface area (Å²) >= 11 is 10.1. The second kappa shape index (κ2) is 6.82. The molecular formula is C14H18BrClO3. The van der Waals surface area contributed by atoms with E-state index < -0.39 is 0 Å². The molecule has 0 radical (unpaired) electrons. The lowest BCUT2D eigenvalue weighted by atomic mass is 9.93. The molecule has 2 rings (SSSR count). The summed E-state index contributed by atoms with van der Waals surface area (Å²) in [4.78, 5) is 0. The highest BCUT2D eigenvalue weighted by atomic mass is 79.9. The summed E-state index contributed by atoms with van der Waals surface area (Å²) in [5.74, 6) is 1.80. The molecule has 1 aliphatic rings. The van der Waals surface area contributed by atoms with Crippen molar-refractivity contribution >= 4 is 27.5 Å². The first kappa shape index (κ1) is 14.9. The van der Waals surface area contributed by atoms with Crippen molar-refractivity contribution < 1.29 is 14.2 Å². The zero-order valence-electron chi connectivity index (χ0n) is 11.1. The third-order valence-corrected chi connectivity index (χ3v) is 4.77. The number of rotatable bonds is 4. The molecule has 1 aliphatic heterocycles. The Labute approximate surface area is 127 Å². The van der Waals surface area contributed by atoms with Crippen LogP contribution in [0.4, 0.5) is 0 Å². The quantitative estimate of drug-likeness (QED) is 0.764. The number of benzene rings is 1. The second-order valence-corrected chi connectivity index (χ2v) is 5.85. The lowest BCUT2D eigenvalue weighted by molar-refractivity contribution is 0.0529. The summed E-state index contributed by atoms with van der Waals surface area (Å²) in [6.45, 7) is 1.55. The summed E-state index contributed by atoms with van der Waals surface area (Å²) < 4.78 is 17.1. The Morgan fingerprint density at radius 1 is 1.37 bits per heavy atom. The van der Waals surface area contributed by atoms with Crippen LogP contribution < -0.4 is 9.47 Å². The van der Waals surface area contributed by atoms with Gasteiger partial charge in [-0.05, 0) is 34.8 Å². The highest BCUT2D eigenvalue weighted by Crippen LogP contribution is 2.44. The first-order valence-electron chi connectivity index (χ1n) is 6.31. The predicted octanol–water partition coefficient (Wildman–Crippen LogP) is 4.17. The van der Waals surface area contributed by atoms with Crippen molar-refractivity contribution in [2.24, 2.45) is 5.92 Å². The maximum absolute atomic E-state index is 6.61. The molecule has 2 unspecified atom stereocenters. The normalized spacial score (nSPS) is 20.9. The van der Waals surface area contributed by atoms with Crippen LogP contribution in [0.1, 0.15) is 23.8 Å². The Hall–Kier alpha value is -0.450. The molecule has 0 aromatic heterocycles. The fraction of sp³-hybridized carbons (Fsp3) is 0.571. The summed E-state index contributed by atoms with van der Waals surface area (Å²) in [6, 6.07) is 3.87. The molecule has 3 nitrogen and oxygen atoms in total. The van der Waals surface area contributed by atoms with Crippen molar-refractivity contribution in [2.75, 3.05) is 27.4 Å². The van der Waals surface area contributed by atoms with Crippen molar-refractivity contribution in [3.8, 4) is 11.5 Å². The minimum absolute atomic E-state index is 0.113. The Bertz CT molecular complexity index is 433. The number of hydrogen-bond acceptors (Lipinski definition) is 3. The van der Waals surface area contributed by atoms with Crippen LogP contribution in [0.5, 0.6) is 11.5 Å². The van der Waals surface area contributed by atoms with Crippen LogP contribution in [0.2, 0.25) is 0 Å². The number of alkyl halides is 1. The highest BCUT2D eigenvalue weighted by molar-refractivity contribution is 9.10. The van der Waals surface area contributed by atoms with Gasteiger partial charge >= 0.3 is 0 Å². The van der Waals surface area contributed by atoms with Gasteiger partial charge < -0.3 is 14.2 Å². The molecule has 0 aliphatic carbocycles. The molecule has 1 fully saturated rings. The van der Waals surface area contributed by atoms with E-state index in [0.29, 0.717) is 12.5 Å². The molecule has 19 heavy (non-hydrogen) atoms. The predicted molar refractivity (Wildman–Crippen MR) is 79.4 cm³/mol. The Balaban J connectivity index is 2.30. The minimum atomic E-state index is -0.113. The molecule has 106 valence electrons. The van der Waals surface area contributed by atoms with Gasteiger partial charge in [-0.2, -0.15) is 0 Å². The SMILES string of the molecule is COc1ccc(C(Cl)C2CCCOC2)c(OC)c1Br. The molecule has 1 saturated heterocycles. The van der Waals surface area contributed by atoms with Crippen LogP contribution >= 0.6 is 27.5 Å². The summed E-state index contributed by atoms with van der Waals surface area (Å²) in [5.41, 5.74) is 0.979. The maximum Gasteiger partial charge on any atom is 0.141 e. The van der Waals surface area contributed by atoms with Crippen LogP contribution in [0, 0.1) is 5.92 Å². The Morgan fingerprint density at radius 2 is 2.16 bits per heavy atom. The third-order valence-electron chi connectivity index (χ3n) is 3.42. The smallest absolute Gasteiger partial charge is 0.141 e. The number of hydrogen-bond donors (Lipinski definition) is 0. The monoisotopic (exact) mass is 348 g/mol. The number of methoxy groups -OCH3 is 2. The van der Waals surface area contributed by atoms with Crippen molar-refractivity contribution in [2.45, 2.75) is 18.2 Å². The molecule has 0 saturated carbocycles. The van der Waals surface area contributed by atoms with Crippen molar-refractivity contribution in [1.82, 2.24) is 0 Å². The summed E-state index contributed by atoms with van der Waals surface area (Å²) in [5, 5.41) is -0.113. The van der Waals surface area contributed by atoms with E-state index in [1.54, 1.807) is 14.2 Å². The van der Waals surface area contributed by atoms with E-state index in [4.69, 9.17) is 25.8 Å². The lowest BCUT2D eigenvalue weighted by Crippen LogP contribution is -2.21. The largest absolute Gasteiger partial charge is 0.495 e. The molecular weight excluding hydrogens is 332 g/mol. The van der Waals surface area contributed by atoms with E-state index in [0.717, 1.165) is 41.0 Å². The molecule has 2 atom stereocenters. The van der Waals surface area contributed by atoms with Crippen LogP contribution in [0.3, 0.4) is 0 Å². The molecule has 1 heterocycles. The molecule has 1 aromatic rings. The number of ether oxygens (including phenoxy) is 3. The van der Waals surface area contributed by atoms with E-state index in [-0.39, 0.29) is 5.38 Å². The lowest BCUT2D eigenvalue weighted by Gasteiger charge is -2.27. The number of halogens is 2. The summed E-state index contributed by atoms with van der Waals surface area (Å²) in [6.07, 6.45) is 2.15. The zero-order valence-corrected chi connectivity index (χ0v) is 13.5. The molecule has 0 N–H and O–H groups in total. The Morgan fingerprint density at radius 3 is 2.74 bits per heavy atom. The van der Waals surface area contributed by atoms with Gasteiger partial charge in [0.05, 0.1) is 26.2 Å². The average Bonchev–Trinajstić information content (AvgIpc) is 2.47. The average molecular weight is 350 g/mol. The van der Waals surface area contributed by atoms with E-state index in [1.807, 2.05) is 12.1 Å². The highest BCUT2D eigenvalue weighted by Gasteiger charge is 2.27. The van der Waals surface area contributed by atoms with E-state index >= 15 is 0 Å². The van der Waals surface area contributed by atoms with Crippen molar-refractivity contribution in [3.63, 3.8) is 0 Å². The van der Waals surface area contributed by atoms with Crippen LogP contribution in [0.15, 0.2) is 16.6 Å². The van der Waals surface area contributed by atoms with Gasteiger partial charge in [0.2, 0.25) is 0 Å². The maximum atomic E-state index is 6.61. The Kier molecular flexibility index (Phi) is 5.37. The summed E-state index contributed by atoms with van der Waals surface area (Å²) in [7, 11) is 3.27. The van der Waals surface area contributed by atoms with Gasteiger partial charge in [-0.3, -0.25) is 0 Å². The van der Waals surface area contributed by atoms with Crippen LogP contribution in [-0.2, 0) is 4.74 Å². The van der Waals surface area contributed by atoms with Gasteiger partial charge in [0.25, 0.3) is 0 Å². The van der Waals surface area contributed by atoms with E-state index in [1.165, 1.54) is 0 Å². The third kappa shape index (κ3) is 3.18. The van der Waals surface area contributed by atoms with E-state index in [2.05, 4.69) is 15.9 Å². The first-order chi connectivity index (χ1) is 9.19. The van der Waals surface area contributed by atoms with Crippen LogP contribution in [0.25, 0.3) is 0 Å². The molecule has 0 bridgehead atoms. The van der Waals surface area contributed by atoms with Crippen molar-refractivity contribution in [1.29, 1.82) is 0 Å². The van der Waals surface area contributed by atoms with Gasteiger partial charge in [0.1, 0.15) is 16.0 Å². The van der Waals surface area contributed by atoms with Gasteiger partial charge in [0, 0.05) is 18.1 Å². The van der Waals surface area contributed by atoms with Gasteiger partial charge in [0.15, 0.2) is 0 Å². The van der Waals surface area contributed by atoms with Crippen LogP contribution in [-0.4, -0.2) is 27.4 Å². The topological polar surface area (TPSA) is 27.7 Å². The van der Waals surface area contributed by atoms with Gasteiger partial charge in [-0.25, -0.2) is 0 Å². The fourth-order valence-electron chi connectivity index (χ4n) is 2.39. The minimum Gasteiger partial charge on any atom is -0.495 e.